The Morgan fingerprint density at radius 2 is 1.88 bits per heavy atom. The fourth-order valence-electron chi connectivity index (χ4n) is 2.99. The molecular weight excluding hydrogens is 329 g/mol. The minimum absolute atomic E-state index is 0.317. The van der Waals surface area contributed by atoms with Crippen LogP contribution in [0.4, 0.5) is 4.79 Å². The molecule has 5 nitrogen and oxygen atoms in total. The summed E-state index contributed by atoms with van der Waals surface area (Å²) in [6.45, 7) is 16.3. The number of hydrogen-bond donors (Lipinski definition) is 1. The van der Waals surface area contributed by atoms with Crippen molar-refractivity contribution in [1.29, 1.82) is 0 Å². The van der Waals surface area contributed by atoms with Crippen LogP contribution in [0.25, 0.3) is 0 Å². The van der Waals surface area contributed by atoms with Crippen LogP contribution in [0.5, 0.6) is 0 Å². The minimum Gasteiger partial charge on any atom is -0.444 e. The molecule has 0 radical (unpaired) electrons. The van der Waals surface area contributed by atoms with Crippen LogP contribution in [0.3, 0.4) is 0 Å². The van der Waals surface area contributed by atoms with Gasteiger partial charge < -0.3 is 19.4 Å². The molecule has 1 fully saturated rings. The molecule has 1 heterocycles. The van der Waals surface area contributed by atoms with Gasteiger partial charge in [-0.2, -0.15) is 0 Å². The summed E-state index contributed by atoms with van der Waals surface area (Å²) in [5.74, 6) is 0. The Labute approximate surface area is 157 Å². The van der Waals surface area contributed by atoms with Gasteiger partial charge in [0.05, 0.1) is 11.2 Å². The first-order valence-electron chi connectivity index (χ1n) is 9.29. The highest BCUT2D eigenvalue weighted by Gasteiger charge is 2.53. The number of carbonyl (C=O) groups is 1. The summed E-state index contributed by atoms with van der Waals surface area (Å²) in [6.07, 6.45) is 0.469. The molecule has 0 spiro atoms. The molecule has 1 aliphatic rings. The summed E-state index contributed by atoms with van der Waals surface area (Å²) >= 11 is 0. The first-order chi connectivity index (χ1) is 11.9. The molecule has 0 aliphatic carbocycles. The second-order valence-corrected chi connectivity index (χ2v) is 8.70. The highest BCUT2D eigenvalue weighted by atomic mass is 16.7. The van der Waals surface area contributed by atoms with E-state index in [2.05, 4.69) is 39.1 Å². The van der Waals surface area contributed by atoms with Crippen LogP contribution in [-0.4, -0.2) is 30.0 Å². The van der Waals surface area contributed by atoms with Crippen molar-refractivity contribution in [3.8, 4) is 0 Å². The third kappa shape index (κ3) is 4.60. The molecule has 1 N–H and O–H groups in total. The molecule has 0 saturated carbocycles. The van der Waals surface area contributed by atoms with Gasteiger partial charge in [-0.05, 0) is 71.5 Å². The summed E-state index contributed by atoms with van der Waals surface area (Å²) < 4.78 is 17.7. The van der Waals surface area contributed by atoms with Gasteiger partial charge in [0.1, 0.15) is 5.60 Å². The zero-order valence-corrected chi connectivity index (χ0v) is 17.4. The number of rotatable bonds is 4. The van der Waals surface area contributed by atoms with Crippen LogP contribution in [0.15, 0.2) is 18.2 Å². The van der Waals surface area contributed by atoms with Crippen molar-refractivity contribution >= 4 is 18.7 Å². The van der Waals surface area contributed by atoms with E-state index in [9.17, 15) is 4.79 Å². The molecule has 0 aromatic heterocycles. The van der Waals surface area contributed by atoms with Crippen molar-refractivity contribution in [3.63, 3.8) is 0 Å². The van der Waals surface area contributed by atoms with E-state index < -0.39 is 11.7 Å². The summed E-state index contributed by atoms with van der Waals surface area (Å²) in [6, 6.07) is 6.07. The summed E-state index contributed by atoms with van der Waals surface area (Å²) in [5.41, 5.74) is 1.94. The highest BCUT2D eigenvalue weighted by molar-refractivity contribution is 6.62. The quantitative estimate of drug-likeness (QED) is 0.831. The van der Waals surface area contributed by atoms with Crippen LogP contribution in [-0.2, 0) is 20.6 Å². The van der Waals surface area contributed by atoms with E-state index >= 15 is 0 Å². The van der Waals surface area contributed by atoms with Crippen molar-refractivity contribution in [2.45, 2.75) is 85.2 Å². The summed E-state index contributed by atoms with van der Waals surface area (Å²) in [4.78, 5) is 11.8. The average molecular weight is 361 g/mol. The molecule has 1 aliphatic heterocycles. The maximum Gasteiger partial charge on any atom is 0.494 e. The molecule has 1 aromatic rings. The monoisotopic (exact) mass is 361 g/mol. The smallest absolute Gasteiger partial charge is 0.444 e. The Balaban J connectivity index is 2.05. The topological polar surface area (TPSA) is 56.8 Å². The lowest BCUT2D eigenvalue weighted by atomic mass is 9.78. The van der Waals surface area contributed by atoms with Crippen molar-refractivity contribution in [3.05, 3.63) is 29.3 Å². The van der Waals surface area contributed by atoms with E-state index in [1.165, 1.54) is 0 Å². The number of aryl methyl sites for hydroxylation is 1. The standard InChI is InChI=1S/C20H32BNO4/c1-9-20(8)19(6,7)25-21(26-20)16-11-10-15(14(2)12-16)13-22-17(23)24-18(3,4)5/h10-12H,9,13H2,1-8H3,(H,22,23). The van der Waals surface area contributed by atoms with E-state index in [-0.39, 0.29) is 18.3 Å². The highest BCUT2D eigenvalue weighted by Crippen LogP contribution is 2.39. The second kappa shape index (κ2) is 7.24. The lowest BCUT2D eigenvalue weighted by molar-refractivity contribution is -0.0118. The minimum atomic E-state index is -0.501. The van der Waals surface area contributed by atoms with Crippen LogP contribution >= 0.6 is 0 Å². The molecule has 2 rings (SSSR count). The fourth-order valence-corrected chi connectivity index (χ4v) is 2.99. The number of alkyl carbamates (subject to hydrolysis) is 1. The van der Waals surface area contributed by atoms with Crippen LogP contribution < -0.4 is 10.8 Å². The van der Waals surface area contributed by atoms with Crippen molar-refractivity contribution < 1.29 is 18.8 Å². The molecule has 1 atom stereocenters. The van der Waals surface area contributed by atoms with E-state index in [4.69, 9.17) is 14.0 Å². The van der Waals surface area contributed by atoms with Gasteiger partial charge in [-0.15, -0.1) is 0 Å². The molecular formula is C20H32BNO4. The number of hydrogen-bond acceptors (Lipinski definition) is 4. The number of benzene rings is 1. The average Bonchev–Trinajstić information content (AvgIpc) is 2.75. The lowest BCUT2D eigenvalue weighted by Gasteiger charge is -2.35. The van der Waals surface area contributed by atoms with Gasteiger partial charge in [0, 0.05) is 6.54 Å². The molecule has 144 valence electrons. The van der Waals surface area contributed by atoms with Crippen molar-refractivity contribution in [2.75, 3.05) is 0 Å². The maximum atomic E-state index is 11.8. The maximum absolute atomic E-state index is 11.8. The van der Waals surface area contributed by atoms with Gasteiger partial charge in [-0.25, -0.2) is 4.79 Å². The summed E-state index contributed by atoms with van der Waals surface area (Å²) in [7, 11) is -0.374. The van der Waals surface area contributed by atoms with Gasteiger partial charge >= 0.3 is 13.2 Å². The van der Waals surface area contributed by atoms with Gasteiger partial charge in [0.25, 0.3) is 0 Å². The Morgan fingerprint density at radius 1 is 1.23 bits per heavy atom. The van der Waals surface area contributed by atoms with Crippen LogP contribution in [0.2, 0.25) is 0 Å². The number of amides is 1. The van der Waals surface area contributed by atoms with Gasteiger partial charge in [0.15, 0.2) is 0 Å². The normalized spacial score (nSPS) is 22.4. The van der Waals surface area contributed by atoms with Crippen molar-refractivity contribution in [2.24, 2.45) is 0 Å². The molecule has 26 heavy (non-hydrogen) atoms. The molecule has 6 heteroatoms. The second-order valence-electron chi connectivity index (χ2n) is 8.70. The van der Waals surface area contributed by atoms with Crippen molar-refractivity contribution in [1.82, 2.24) is 5.32 Å². The summed E-state index contributed by atoms with van der Waals surface area (Å²) in [5, 5.41) is 2.80. The number of carbonyl (C=O) groups excluding carboxylic acids is 1. The van der Waals surface area contributed by atoms with Gasteiger partial charge in [-0.3, -0.25) is 0 Å². The first-order valence-corrected chi connectivity index (χ1v) is 9.29. The lowest BCUT2D eigenvalue weighted by Crippen LogP contribution is -2.44. The number of nitrogens with one attached hydrogen (secondary N) is 1. The largest absolute Gasteiger partial charge is 0.494 e. The zero-order chi connectivity index (χ0) is 19.8. The van der Waals surface area contributed by atoms with E-state index in [1.807, 2.05) is 39.8 Å². The first kappa shape index (κ1) is 20.8. The molecule has 1 amide bonds. The SMILES string of the molecule is CCC1(C)OB(c2ccc(CNC(=O)OC(C)(C)C)c(C)c2)OC1(C)C. The fraction of sp³-hybridized carbons (Fsp3) is 0.650. The Bertz CT molecular complexity index is 668. The Morgan fingerprint density at radius 3 is 2.38 bits per heavy atom. The molecule has 0 bridgehead atoms. The predicted molar refractivity (Wildman–Crippen MR) is 105 cm³/mol. The van der Waals surface area contributed by atoms with Crippen LogP contribution in [0.1, 0.15) is 66.0 Å². The van der Waals surface area contributed by atoms with E-state index in [0.29, 0.717) is 6.54 Å². The van der Waals surface area contributed by atoms with Gasteiger partial charge in [0.2, 0.25) is 0 Å². The van der Waals surface area contributed by atoms with Gasteiger partial charge in [-0.1, -0.05) is 25.1 Å². The molecule has 1 unspecified atom stereocenters. The van der Waals surface area contributed by atoms with E-state index in [0.717, 1.165) is 23.0 Å². The third-order valence-electron chi connectivity index (χ3n) is 5.18. The predicted octanol–water partition coefficient (Wildman–Crippen LogP) is 3.71. The van der Waals surface area contributed by atoms with E-state index in [1.54, 1.807) is 0 Å². The number of ether oxygens (including phenoxy) is 1. The van der Waals surface area contributed by atoms with Crippen LogP contribution in [0, 0.1) is 6.92 Å². The third-order valence-corrected chi connectivity index (χ3v) is 5.18. The zero-order valence-electron chi connectivity index (χ0n) is 17.4. The Hall–Kier alpha value is -1.53. The Kier molecular flexibility index (Phi) is 5.79. The molecule has 1 saturated heterocycles. The molecule has 1 aromatic carbocycles.